The van der Waals surface area contributed by atoms with Gasteiger partial charge in [-0.2, -0.15) is 0 Å². The Labute approximate surface area is 127 Å². The molecule has 1 aromatic carbocycles. The van der Waals surface area contributed by atoms with E-state index >= 15 is 0 Å². The number of benzene rings is 1. The first kappa shape index (κ1) is 15.8. The molecule has 22 heavy (non-hydrogen) atoms. The summed E-state index contributed by atoms with van der Waals surface area (Å²) in [5, 5.41) is 20.8. The van der Waals surface area contributed by atoms with Gasteiger partial charge in [0.2, 0.25) is 0 Å². The molecule has 0 spiro atoms. The lowest BCUT2D eigenvalue weighted by Crippen LogP contribution is -2.47. The number of fused-ring (bicyclic) bond motifs is 1. The predicted octanol–water partition coefficient (Wildman–Crippen LogP) is 0.423. The van der Waals surface area contributed by atoms with E-state index in [-0.39, 0.29) is 6.61 Å². The van der Waals surface area contributed by atoms with Crippen molar-refractivity contribution in [3.63, 3.8) is 0 Å². The number of carbonyl (C=O) groups is 2. The SMILES string of the molecule is COc1ccc2c(c1)C=C(C(=O)NCC(C)(O)C(=O)O)CO2. The van der Waals surface area contributed by atoms with E-state index in [1.807, 2.05) is 0 Å². The molecule has 0 aliphatic carbocycles. The Hall–Kier alpha value is -2.54. The third-order valence-electron chi connectivity index (χ3n) is 3.28. The molecular weight excluding hydrogens is 290 g/mol. The predicted molar refractivity (Wildman–Crippen MR) is 77.7 cm³/mol. The number of methoxy groups -OCH3 is 1. The van der Waals surface area contributed by atoms with Crippen LogP contribution in [0.2, 0.25) is 0 Å². The molecule has 0 aromatic heterocycles. The number of hydrogen-bond donors (Lipinski definition) is 3. The molecule has 3 N–H and O–H groups in total. The van der Waals surface area contributed by atoms with E-state index in [2.05, 4.69) is 5.32 Å². The molecular formula is C15H17NO6. The number of ether oxygens (including phenoxy) is 2. The van der Waals surface area contributed by atoms with Crippen LogP contribution in [-0.4, -0.2) is 48.0 Å². The lowest BCUT2D eigenvalue weighted by atomic mass is 10.1. The second-order valence-electron chi connectivity index (χ2n) is 5.12. The van der Waals surface area contributed by atoms with Crippen LogP contribution in [0.1, 0.15) is 12.5 Å². The molecule has 0 saturated carbocycles. The van der Waals surface area contributed by atoms with Crippen LogP contribution >= 0.6 is 0 Å². The summed E-state index contributed by atoms with van der Waals surface area (Å²) in [5.74, 6) is -0.629. The summed E-state index contributed by atoms with van der Waals surface area (Å²) in [5.41, 5.74) is -0.991. The van der Waals surface area contributed by atoms with Gasteiger partial charge in [0.15, 0.2) is 5.60 Å². The lowest BCUT2D eigenvalue weighted by Gasteiger charge is -2.21. The van der Waals surface area contributed by atoms with Crippen molar-refractivity contribution in [3.05, 3.63) is 29.3 Å². The normalized spacial score (nSPS) is 15.7. The van der Waals surface area contributed by atoms with Gasteiger partial charge in [0, 0.05) is 5.56 Å². The fraction of sp³-hybridized carbons (Fsp3) is 0.333. The van der Waals surface area contributed by atoms with Gasteiger partial charge in [0.25, 0.3) is 5.91 Å². The largest absolute Gasteiger partial charge is 0.497 e. The van der Waals surface area contributed by atoms with Gasteiger partial charge < -0.3 is 25.0 Å². The third kappa shape index (κ3) is 3.37. The van der Waals surface area contributed by atoms with Gasteiger partial charge >= 0.3 is 5.97 Å². The van der Waals surface area contributed by atoms with E-state index in [0.717, 1.165) is 6.92 Å². The Morgan fingerprint density at radius 2 is 2.18 bits per heavy atom. The lowest BCUT2D eigenvalue weighted by molar-refractivity contribution is -0.156. The molecule has 1 aliphatic rings. The second kappa shape index (κ2) is 6.07. The maximum Gasteiger partial charge on any atom is 0.337 e. The van der Waals surface area contributed by atoms with E-state index in [0.29, 0.717) is 22.6 Å². The highest BCUT2D eigenvalue weighted by atomic mass is 16.5. The van der Waals surface area contributed by atoms with Crippen LogP contribution in [0.3, 0.4) is 0 Å². The zero-order valence-corrected chi connectivity index (χ0v) is 12.3. The Balaban J connectivity index is 2.11. The van der Waals surface area contributed by atoms with Gasteiger partial charge in [-0.05, 0) is 31.2 Å². The number of carboxylic acid groups (broad SMARTS) is 1. The Morgan fingerprint density at radius 3 is 2.82 bits per heavy atom. The molecule has 0 saturated heterocycles. The summed E-state index contributed by atoms with van der Waals surface area (Å²) >= 11 is 0. The van der Waals surface area contributed by atoms with Crippen molar-refractivity contribution in [1.82, 2.24) is 5.32 Å². The number of hydrogen-bond acceptors (Lipinski definition) is 5. The maximum atomic E-state index is 12.0. The van der Waals surface area contributed by atoms with Crippen molar-refractivity contribution in [2.24, 2.45) is 0 Å². The molecule has 118 valence electrons. The molecule has 1 aliphatic heterocycles. The van der Waals surface area contributed by atoms with Crippen molar-refractivity contribution in [2.75, 3.05) is 20.3 Å². The van der Waals surface area contributed by atoms with E-state index in [1.165, 1.54) is 7.11 Å². The van der Waals surface area contributed by atoms with E-state index in [9.17, 15) is 14.7 Å². The summed E-state index contributed by atoms with van der Waals surface area (Å²) in [7, 11) is 1.54. The summed E-state index contributed by atoms with van der Waals surface area (Å²) in [6.07, 6.45) is 1.65. The fourth-order valence-corrected chi connectivity index (χ4v) is 1.86. The van der Waals surface area contributed by atoms with Crippen LogP contribution in [0.25, 0.3) is 6.08 Å². The highest BCUT2D eigenvalue weighted by Gasteiger charge is 2.31. The number of carbonyl (C=O) groups excluding carboxylic acids is 1. The van der Waals surface area contributed by atoms with Crippen LogP contribution in [0.4, 0.5) is 0 Å². The van der Waals surface area contributed by atoms with Gasteiger partial charge in [-0.1, -0.05) is 0 Å². The zero-order valence-electron chi connectivity index (χ0n) is 12.3. The molecule has 0 fully saturated rings. The molecule has 1 atom stereocenters. The first-order valence-electron chi connectivity index (χ1n) is 6.59. The molecule has 2 rings (SSSR count). The molecule has 1 unspecified atom stereocenters. The van der Waals surface area contributed by atoms with Crippen LogP contribution in [0.15, 0.2) is 23.8 Å². The first-order chi connectivity index (χ1) is 10.3. The third-order valence-corrected chi connectivity index (χ3v) is 3.28. The fourth-order valence-electron chi connectivity index (χ4n) is 1.86. The smallest absolute Gasteiger partial charge is 0.337 e. The molecule has 0 radical (unpaired) electrons. The van der Waals surface area contributed by atoms with Gasteiger partial charge in [-0.25, -0.2) is 4.79 Å². The zero-order chi connectivity index (χ0) is 16.3. The first-order valence-corrected chi connectivity index (χ1v) is 6.59. The number of aliphatic carboxylic acids is 1. The Morgan fingerprint density at radius 1 is 1.45 bits per heavy atom. The van der Waals surface area contributed by atoms with Crippen LogP contribution in [0.5, 0.6) is 11.5 Å². The van der Waals surface area contributed by atoms with Crippen LogP contribution in [-0.2, 0) is 9.59 Å². The highest BCUT2D eigenvalue weighted by Crippen LogP contribution is 2.29. The minimum Gasteiger partial charge on any atom is -0.497 e. The molecule has 0 bridgehead atoms. The van der Waals surface area contributed by atoms with Crippen molar-refractivity contribution < 1.29 is 29.3 Å². The summed E-state index contributed by atoms with van der Waals surface area (Å²) < 4.78 is 10.6. The maximum absolute atomic E-state index is 12.0. The molecule has 7 nitrogen and oxygen atoms in total. The standard InChI is InChI=1S/C15H17NO6/c1-15(20,14(18)19)8-16-13(17)10-5-9-6-11(21-2)3-4-12(9)22-7-10/h3-6,20H,7-8H2,1-2H3,(H,16,17)(H,18,19). The number of amides is 1. The number of rotatable bonds is 5. The van der Waals surface area contributed by atoms with E-state index in [1.54, 1.807) is 24.3 Å². The molecule has 7 heteroatoms. The Kier molecular flexibility index (Phi) is 4.37. The molecule has 1 aromatic rings. The second-order valence-corrected chi connectivity index (χ2v) is 5.12. The van der Waals surface area contributed by atoms with Gasteiger partial charge in [-0.3, -0.25) is 4.79 Å². The average molecular weight is 307 g/mol. The number of carboxylic acids is 1. The van der Waals surface area contributed by atoms with Gasteiger partial charge in [0.1, 0.15) is 18.1 Å². The van der Waals surface area contributed by atoms with Gasteiger partial charge in [-0.15, -0.1) is 0 Å². The van der Waals surface area contributed by atoms with E-state index in [4.69, 9.17) is 14.6 Å². The van der Waals surface area contributed by atoms with Crippen molar-refractivity contribution >= 4 is 18.0 Å². The van der Waals surface area contributed by atoms with Crippen LogP contribution in [0, 0.1) is 0 Å². The number of nitrogens with one attached hydrogen (secondary N) is 1. The highest BCUT2D eigenvalue weighted by molar-refractivity contribution is 5.99. The Bertz CT molecular complexity index is 635. The molecule has 1 heterocycles. The monoisotopic (exact) mass is 307 g/mol. The van der Waals surface area contributed by atoms with Crippen molar-refractivity contribution in [2.45, 2.75) is 12.5 Å². The quantitative estimate of drug-likeness (QED) is 0.728. The van der Waals surface area contributed by atoms with Crippen molar-refractivity contribution in [3.8, 4) is 11.5 Å². The molecule has 1 amide bonds. The summed E-state index contributed by atoms with van der Waals surface area (Å²) in [6, 6.07) is 5.23. The minimum absolute atomic E-state index is 0.0698. The van der Waals surface area contributed by atoms with Crippen molar-refractivity contribution in [1.29, 1.82) is 0 Å². The summed E-state index contributed by atoms with van der Waals surface area (Å²) in [4.78, 5) is 22.8. The van der Waals surface area contributed by atoms with E-state index < -0.39 is 24.0 Å². The van der Waals surface area contributed by atoms with Crippen LogP contribution < -0.4 is 14.8 Å². The minimum atomic E-state index is -2.02. The topological polar surface area (TPSA) is 105 Å². The number of aliphatic hydroxyl groups is 1. The summed E-state index contributed by atoms with van der Waals surface area (Å²) in [6.45, 7) is 0.783. The average Bonchev–Trinajstić information content (AvgIpc) is 2.51. The van der Waals surface area contributed by atoms with Gasteiger partial charge in [0.05, 0.1) is 19.2 Å².